The number of rotatable bonds is 38. The number of anilines is 2. The van der Waals surface area contributed by atoms with Gasteiger partial charge in [0.05, 0.1) is 34.3 Å². The van der Waals surface area contributed by atoms with Crippen molar-refractivity contribution in [3.05, 3.63) is 46.5 Å². The van der Waals surface area contributed by atoms with Gasteiger partial charge in [0.15, 0.2) is 0 Å². The number of primary amides is 2. The molecular weight excluding hydrogens is 1120 g/mol. The number of aromatic hydroxyl groups is 2. The topological polar surface area (TPSA) is 384 Å². The summed E-state index contributed by atoms with van der Waals surface area (Å²) in [5.41, 5.74) is 10.6. The monoisotopic (exact) mass is 1210 g/mol. The molecule has 0 fully saturated rings. The summed E-state index contributed by atoms with van der Waals surface area (Å²) in [4.78, 5) is 134. The number of phenolic OH excluding ortho intramolecular Hbond substituents is 2. The van der Waals surface area contributed by atoms with Gasteiger partial charge in [0.2, 0.25) is 58.8 Å². The van der Waals surface area contributed by atoms with E-state index in [1.54, 1.807) is 12.1 Å². The molecule has 0 saturated carbocycles. The molecule has 0 spiro atoms. The Morgan fingerprint density at radius 2 is 0.714 bits per heavy atom. The van der Waals surface area contributed by atoms with Crippen LogP contribution >= 0.6 is 23.5 Å². The summed E-state index contributed by atoms with van der Waals surface area (Å²) in [6.45, 7) is 18.7. The summed E-state index contributed by atoms with van der Waals surface area (Å²) < 4.78 is 0. The van der Waals surface area contributed by atoms with Gasteiger partial charge in [-0.2, -0.15) is 23.5 Å². The standard InChI is InChI=1S/C58H92N12O12S2/c1-29(2)25-39(55(79)65-33(9)53(77)69-41(27-31(5)6)57(81)67-37(51(59)75)17-23-83-11)63-21-19-61-35-13-14-36(46-45(35)49(73)47-43(71)15-16-44(72)48(47)50(46)74)62-20-22-64-40(26-30(3)4)56(80)66-34(10)54(78)70-42(28-32(7)8)58(82)68-38(52(60)76)18-24-84-12/h13-16,29-34,37-42,61-64,71-72H,17-28H2,1-12H3,(H2,59,75)(H2,60,76)(H,65,79)(H,66,80)(H,67,81)(H,68,82)(H,69,77)(H,70,78)/t33-,34-,37-,38-,39-,40-,41-,42-/m0/s1. The van der Waals surface area contributed by atoms with Crippen LogP contribution in [0.3, 0.4) is 0 Å². The van der Waals surface area contributed by atoms with Gasteiger partial charge in [-0.05, 0) is 124 Å². The van der Waals surface area contributed by atoms with E-state index in [4.69, 9.17) is 11.5 Å². The Kier molecular flexibility index (Phi) is 29.8. The van der Waals surface area contributed by atoms with Crippen molar-refractivity contribution in [1.29, 1.82) is 0 Å². The van der Waals surface area contributed by atoms with E-state index >= 15 is 0 Å². The molecule has 0 unspecified atom stereocenters. The van der Waals surface area contributed by atoms with Crippen LogP contribution in [0.15, 0.2) is 24.3 Å². The first kappa shape index (κ1) is 71.6. The number of nitrogens with two attached hydrogens (primary N) is 2. The predicted molar refractivity (Wildman–Crippen MR) is 329 cm³/mol. The van der Waals surface area contributed by atoms with Crippen LogP contribution in [0.25, 0.3) is 0 Å². The van der Waals surface area contributed by atoms with Crippen molar-refractivity contribution >= 4 is 93.7 Å². The van der Waals surface area contributed by atoms with Gasteiger partial charge in [-0.15, -0.1) is 0 Å². The SMILES string of the molecule is CSCC[C@H](NC(=O)[C@H](CC(C)C)NC(=O)[C@H](C)NC(=O)[C@H](CC(C)C)NCCNc1ccc(NCCN[C@@H](CC(C)C)C(=O)N[C@@H](C)C(=O)N[C@@H](CC(C)C)C(=O)N[C@@H](CCSC)C(N)=O)c2c1C(=O)c1c(O)ccc(O)c1C2=O)C(N)=O. The van der Waals surface area contributed by atoms with E-state index < -0.39 is 119 Å². The maximum absolute atomic E-state index is 14.4. The summed E-state index contributed by atoms with van der Waals surface area (Å²) in [6, 6.07) is -2.20. The molecule has 2 aromatic carbocycles. The fourth-order valence-corrected chi connectivity index (χ4v) is 10.3. The molecule has 8 atom stereocenters. The maximum Gasteiger partial charge on any atom is 0.243 e. The van der Waals surface area contributed by atoms with Gasteiger partial charge in [0.25, 0.3) is 0 Å². The van der Waals surface area contributed by atoms with E-state index in [1.165, 1.54) is 37.4 Å². The number of benzene rings is 2. The van der Waals surface area contributed by atoms with Crippen LogP contribution in [0.2, 0.25) is 0 Å². The van der Waals surface area contributed by atoms with Crippen molar-refractivity contribution in [1.82, 2.24) is 42.5 Å². The first-order valence-electron chi connectivity index (χ1n) is 28.7. The van der Waals surface area contributed by atoms with Crippen LogP contribution in [0.5, 0.6) is 11.5 Å². The van der Waals surface area contributed by atoms with Gasteiger partial charge in [-0.1, -0.05) is 55.4 Å². The summed E-state index contributed by atoms with van der Waals surface area (Å²) in [5, 5.41) is 50.8. The highest BCUT2D eigenvalue weighted by Gasteiger charge is 2.39. The van der Waals surface area contributed by atoms with Crippen molar-refractivity contribution < 1.29 is 58.2 Å². The van der Waals surface area contributed by atoms with E-state index in [9.17, 15) is 58.2 Å². The summed E-state index contributed by atoms with van der Waals surface area (Å²) in [5.74, 6) is -6.04. The lowest BCUT2D eigenvalue weighted by Crippen LogP contribution is -2.57. The zero-order valence-electron chi connectivity index (χ0n) is 50.7. The smallest absolute Gasteiger partial charge is 0.243 e. The van der Waals surface area contributed by atoms with E-state index in [-0.39, 0.29) is 96.3 Å². The number of carbonyl (C=O) groups excluding carboxylic acids is 10. The number of amides is 8. The maximum atomic E-state index is 14.4. The molecule has 84 heavy (non-hydrogen) atoms. The number of hydrogen-bond donors (Lipinski definition) is 14. The van der Waals surface area contributed by atoms with Gasteiger partial charge in [-0.3, -0.25) is 47.9 Å². The van der Waals surface area contributed by atoms with Gasteiger partial charge in [-0.25, -0.2) is 0 Å². The lowest BCUT2D eigenvalue weighted by Gasteiger charge is -2.27. The minimum absolute atomic E-state index is 0.0147. The number of nitrogens with one attached hydrogen (secondary N) is 10. The Balaban J connectivity index is 1.77. The third-order valence-corrected chi connectivity index (χ3v) is 15.0. The normalized spacial score (nSPS) is 14.9. The van der Waals surface area contributed by atoms with E-state index in [0.717, 1.165) is 12.1 Å². The van der Waals surface area contributed by atoms with Crippen molar-refractivity contribution in [3.8, 4) is 11.5 Å². The van der Waals surface area contributed by atoms with E-state index in [0.29, 0.717) is 37.2 Å². The van der Waals surface area contributed by atoms with Crippen LogP contribution in [0.4, 0.5) is 11.4 Å². The lowest BCUT2D eigenvalue weighted by atomic mass is 9.81. The number of carbonyl (C=O) groups is 10. The zero-order valence-corrected chi connectivity index (χ0v) is 52.3. The summed E-state index contributed by atoms with van der Waals surface area (Å²) in [7, 11) is 0. The molecule has 3 rings (SSSR count). The molecule has 24 nitrogen and oxygen atoms in total. The largest absolute Gasteiger partial charge is 0.507 e. The molecule has 0 saturated heterocycles. The van der Waals surface area contributed by atoms with Crippen molar-refractivity contribution in [3.63, 3.8) is 0 Å². The molecule has 0 radical (unpaired) electrons. The summed E-state index contributed by atoms with van der Waals surface area (Å²) >= 11 is 2.98. The van der Waals surface area contributed by atoms with Crippen molar-refractivity contribution in [2.24, 2.45) is 35.1 Å². The Bertz CT molecular complexity index is 2460. The molecule has 8 amide bonds. The third-order valence-electron chi connectivity index (χ3n) is 13.7. The second-order valence-corrected chi connectivity index (χ2v) is 24.9. The average Bonchev–Trinajstić information content (AvgIpc) is 0.828. The lowest BCUT2D eigenvalue weighted by molar-refractivity contribution is -0.133. The van der Waals surface area contributed by atoms with Crippen molar-refractivity contribution in [2.45, 2.75) is 156 Å². The predicted octanol–water partition coefficient (Wildman–Crippen LogP) is 2.22. The minimum Gasteiger partial charge on any atom is -0.507 e. The van der Waals surface area contributed by atoms with Crippen LogP contribution in [-0.4, -0.2) is 168 Å². The molecule has 0 aromatic heterocycles. The highest BCUT2D eigenvalue weighted by Crippen LogP contribution is 2.42. The number of ketones is 2. The zero-order chi connectivity index (χ0) is 63.1. The molecule has 26 heteroatoms. The molecule has 2 aromatic rings. The molecular formula is C58H92N12O12S2. The number of thioether (sulfide) groups is 2. The Morgan fingerprint density at radius 1 is 0.417 bits per heavy atom. The second kappa shape index (κ2) is 35.0. The van der Waals surface area contributed by atoms with Gasteiger partial charge < -0.3 is 74.8 Å². The number of phenols is 2. The van der Waals surface area contributed by atoms with Crippen molar-refractivity contribution in [2.75, 3.05) is 60.8 Å². The van der Waals surface area contributed by atoms with Gasteiger partial charge in [0.1, 0.15) is 47.8 Å². The quantitative estimate of drug-likeness (QED) is 0.0289. The summed E-state index contributed by atoms with van der Waals surface area (Å²) in [6.07, 6.45) is 5.60. The first-order valence-corrected chi connectivity index (χ1v) is 31.5. The highest BCUT2D eigenvalue weighted by molar-refractivity contribution is 7.98. The molecule has 0 bridgehead atoms. The van der Waals surface area contributed by atoms with E-state index in [1.807, 2.05) is 67.9 Å². The molecule has 1 aliphatic carbocycles. The average molecular weight is 1210 g/mol. The molecule has 468 valence electrons. The second-order valence-electron chi connectivity index (χ2n) is 22.9. The molecule has 1 aliphatic rings. The van der Waals surface area contributed by atoms with Crippen LogP contribution < -0.4 is 64.6 Å². The van der Waals surface area contributed by atoms with Crippen LogP contribution in [-0.2, 0) is 38.4 Å². The Hall–Kier alpha value is -6.64. The molecule has 0 aliphatic heterocycles. The van der Waals surface area contributed by atoms with Crippen LogP contribution in [0, 0.1) is 23.7 Å². The first-order chi connectivity index (χ1) is 39.5. The third kappa shape index (κ3) is 22.1. The highest BCUT2D eigenvalue weighted by atomic mass is 32.2. The fourth-order valence-electron chi connectivity index (χ4n) is 9.40. The van der Waals surface area contributed by atoms with Gasteiger partial charge in [0, 0.05) is 37.6 Å². The molecule has 16 N–H and O–H groups in total. The minimum atomic E-state index is -1.07. The Morgan fingerprint density at radius 3 is 1.01 bits per heavy atom. The number of hydrogen-bond acceptors (Lipinski definition) is 18. The fraction of sp³-hybridized carbons (Fsp3) is 0.621. The van der Waals surface area contributed by atoms with Gasteiger partial charge >= 0.3 is 0 Å². The molecule has 0 heterocycles. The number of fused-ring (bicyclic) bond motifs is 2. The van der Waals surface area contributed by atoms with Crippen LogP contribution in [0.1, 0.15) is 140 Å². The van der Waals surface area contributed by atoms with E-state index in [2.05, 4.69) is 53.2 Å². The Labute approximate surface area is 502 Å².